The fourth-order valence-corrected chi connectivity index (χ4v) is 2.12. The van der Waals surface area contributed by atoms with Crippen molar-refractivity contribution in [1.29, 1.82) is 0 Å². The van der Waals surface area contributed by atoms with Crippen LogP contribution in [0.15, 0.2) is 0 Å². The predicted molar refractivity (Wildman–Crippen MR) is 63.0 cm³/mol. The summed E-state index contributed by atoms with van der Waals surface area (Å²) >= 11 is 0. The molecule has 0 unspecified atom stereocenters. The van der Waals surface area contributed by atoms with Gasteiger partial charge in [-0.3, -0.25) is 0 Å². The van der Waals surface area contributed by atoms with Gasteiger partial charge in [-0.2, -0.15) is 4.31 Å². The van der Waals surface area contributed by atoms with E-state index in [9.17, 15) is 8.42 Å². The van der Waals surface area contributed by atoms with Crippen LogP contribution in [0.3, 0.4) is 0 Å². The van der Waals surface area contributed by atoms with Gasteiger partial charge in [-0.1, -0.05) is 19.8 Å². The van der Waals surface area contributed by atoms with E-state index in [4.69, 9.17) is 6.42 Å². The van der Waals surface area contributed by atoms with Gasteiger partial charge in [0.1, 0.15) is 0 Å². The summed E-state index contributed by atoms with van der Waals surface area (Å²) < 4.78 is 24.3. The smallest absolute Gasteiger partial charge is 0.214 e. The molecule has 15 heavy (non-hydrogen) atoms. The molecule has 0 bridgehead atoms. The minimum absolute atomic E-state index is 0.139. The number of hydrogen-bond donors (Lipinski definition) is 1. The first-order chi connectivity index (χ1) is 6.90. The average molecular weight is 232 g/mol. The van der Waals surface area contributed by atoms with Crippen molar-refractivity contribution < 1.29 is 8.42 Å². The molecule has 0 aliphatic rings. The van der Waals surface area contributed by atoms with Crippen molar-refractivity contribution in [2.24, 2.45) is 0 Å². The van der Waals surface area contributed by atoms with E-state index in [0.717, 1.165) is 0 Å². The molecule has 0 amide bonds. The summed E-state index contributed by atoms with van der Waals surface area (Å²) in [6.07, 6.45) is 5.66. The highest BCUT2D eigenvalue weighted by atomic mass is 32.2. The Balaban J connectivity index is 3.90. The second-order valence-electron chi connectivity index (χ2n) is 3.74. The number of hydrogen-bond acceptors (Lipinski definition) is 3. The number of nitrogens with one attached hydrogen (secondary N) is 1. The molecular weight excluding hydrogens is 212 g/mol. The molecule has 0 saturated heterocycles. The van der Waals surface area contributed by atoms with Crippen LogP contribution in [-0.2, 0) is 10.0 Å². The number of sulfonamides is 1. The summed E-state index contributed by atoms with van der Waals surface area (Å²) in [6.45, 7) is 4.90. The second kappa shape index (κ2) is 6.83. The molecule has 0 aliphatic carbocycles. The zero-order valence-corrected chi connectivity index (χ0v) is 10.5. The third kappa shape index (κ3) is 6.50. The van der Waals surface area contributed by atoms with Crippen LogP contribution in [0.2, 0.25) is 0 Å². The third-order valence-electron chi connectivity index (χ3n) is 1.92. The van der Waals surface area contributed by atoms with Crippen molar-refractivity contribution in [3.63, 3.8) is 0 Å². The Morgan fingerprint density at radius 1 is 1.47 bits per heavy atom. The maximum Gasteiger partial charge on any atom is 0.214 e. The van der Waals surface area contributed by atoms with Crippen LogP contribution < -0.4 is 5.32 Å². The van der Waals surface area contributed by atoms with E-state index in [-0.39, 0.29) is 12.3 Å². The van der Waals surface area contributed by atoms with Crippen LogP contribution in [-0.4, -0.2) is 44.7 Å². The first-order valence-corrected chi connectivity index (χ1v) is 6.62. The summed E-state index contributed by atoms with van der Waals surface area (Å²) in [6, 6.07) is 0.385. The molecule has 0 radical (unpaired) electrons. The van der Waals surface area contributed by atoms with Crippen molar-refractivity contribution >= 4 is 10.0 Å². The van der Waals surface area contributed by atoms with E-state index in [1.165, 1.54) is 11.4 Å². The van der Waals surface area contributed by atoms with E-state index in [0.29, 0.717) is 19.0 Å². The third-order valence-corrected chi connectivity index (χ3v) is 3.80. The van der Waals surface area contributed by atoms with Gasteiger partial charge in [0.05, 0.1) is 12.3 Å². The number of nitrogens with zero attached hydrogens (tertiary/aromatic N) is 1. The molecule has 0 heterocycles. The van der Waals surface area contributed by atoms with Gasteiger partial charge in [-0.05, 0) is 13.0 Å². The molecule has 0 atom stereocenters. The largest absolute Gasteiger partial charge is 0.314 e. The lowest BCUT2D eigenvalue weighted by Crippen LogP contribution is -2.32. The maximum atomic E-state index is 11.6. The lowest BCUT2D eigenvalue weighted by molar-refractivity contribution is 0.497. The molecule has 0 fully saturated rings. The first-order valence-electron chi connectivity index (χ1n) is 5.01. The average Bonchev–Trinajstić information content (AvgIpc) is 2.12. The Hall–Kier alpha value is -0.570. The molecule has 4 nitrogen and oxygen atoms in total. The van der Waals surface area contributed by atoms with Gasteiger partial charge in [0.25, 0.3) is 0 Å². The van der Waals surface area contributed by atoms with E-state index < -0.39 is 10.0 Å². The molecular formula is C10H20N2O2S. The maximum absolute atomic E-state index is 11.6. The van der Waals surface area contributed by atoms with Gasteiger partial charge >= 0.3 is 0 Å². The molecule has 0 aromatic carbocycles. The van der Waals surface area contributed by atoms with E-state index in [2.05, 4.69) is 11.2 Å². The standard InChI is InChI=1S/C10H20N2O2S/c1-5-8-12(4)15(13,14)9-6-7-11-10(2)3/h1,10-11H,6-9H2,2-4H3. The van der Waals surface area contributed by atoms with Crippen LogP contribution in [0.25, 0.3) is 0 Å². The van der Waals surface area contributed by atoms with Crippen molar-refractivity contribution in [1.82, 2.24) is 9.62 Å². The zero-order valence-electron chi connectivity index (χ0n) is 9.66. The Bertz CT molecular complexity index is 304. The molecule has 0 saturated carbocycles. The quantitative estimate of drug-likeness (QED) is 0.506. The van der Waals surface area contributed by atoms with Crippen molar-refractivity contribution in [2.75, 3.05) is 25.9 Å². The summed E-state index contributed by atoms with van der Waals surface area (Å²) in [5.74, 6) is 2.46. The lowest BCUT2D eigenvalue weighted by Gasteiger charge is -2.14. The van der Waals surface area contributed by atoms with Crippen LogP contribution in [0, 0.1) is 12.3 Å². The Morgan fingerprint density at radius 2 is 2.07 bits per heavy atom. The molecule has 1 N–H and O–H groups in total. The van der Waals surface area contributed by atoms with E-state index >= 15 is 0 Å². The van der Waals surface area contributed by atoms with Crippen LogP contribution in [0.5, 0.6) is 0 Å². The normalized spacial score (nSPS) is 12.0. The molecule has 0 aliphatic heterocycles. The van der Waals surface area contributed by atoms with Gasteiger partial charge in [0.15, 0.2) is 0 Å². The van der Waals surface area contributed by atoms with Gasteiger partial charge < -0.3 is 5.32 Å². The van der Waals surface area contributed by atoms with Gasteiger partial charge in [0, 0.05) is 13.1 Å². The molecule has 0 aromatic heterocycles. The van der Waals surface area contributed by atoms with Crippen LogP contribution >= 0.6 is 0 Å². The number of terminal acetylenes is 1. The first kappa shape index (κ1) is 14.4. The monoisotopic (exact) mass is 232 g/mol. The van der Waals surface area contributed by atoms with Crippen LogP contribution in [0.1, 0.15) is 20.3 Å². The lowest BCUT2D eigenvalue weighted by atomic mass is 10.4. The fourth-order valence-electron chi connectivity index (χ4n) is 1.03. The minimum Gasteiger partial charge on any atom is -0.314 e. The topological polar surface area (TPSA) is 49.4 Å². The Kier molecular flexibility index (Phi) is 6.57. The summed E-state index contributed by atoms with van der Waals surface area (Å²) in [5, 5.41) is 3.17. The van der Waals surface area contributed by atoms with Crippen LogP contribution in [0.4, 0.5) is 0 Å². The number of rotatable bonds is 7. The summed E-state index contributed by atoms with van der Waals surface area (Å²) in [4.78, 5) is 0. The molecule has 5 heteroatoms. The SMILES string of the molecule is C#CCN(C)S(=O)(=O)CCCNC(C)C. The highest BCUT2D eigenvalue weighted by Gasteiger charge is 2.15. The zero-order chi connectivity index (χ0) is 11.9. The highest BCUT2D eigenvalue weighted by Crippen LogP contribution is 1.99. The Morgan fingerprint density at radius 3 is 2.53 bits per heavy atom. The molecule has 0 spiro atoms. The van der Waals surface area contributed by atoms with Gasteiger partial charge in [0.2, 0.25) is 10.0 Å². The Labute approximate surface area is 93.1 Å². The second-order valence-corrected chi connectivity index (χ2v) is 5.93. The fraction of sp³-hybridized carbons (Fsp3) is 0.800. The molecule has 0 rings (SSSR count). The highest BCUT2D eigenvalue weighted by molar-refractivity contribution is 7.89. The van der Waals surface area contributed by atoms with E-state index in [1.807, 2.05) is 13.8 Å². The van der Waals surface area contributed by atoms with Gasteiger partial charge in [-0.25, -0.2) is 8.42 Å². The summed E-state index contributed by atoms with van der Waals surface area (Å²) in [5.41, 5.74) is 0. The molecule has 0 aromatic rings. The summed E-state index contributed by atoms with van der Waals surface area (Å²) in [7, 11) is -1.66. The van der Waals surface area contributed by atoms with Crippen molar-refractivity contribution in [3.8, 4) is 12.3 Å². The van der Waals surface area contributed by atoms with Gasteiger partial charge in [-0.15, -0.1) is 6.42 Å². The molecule has 88 valence electrons. The van der Waals surface area contributed by atoms with E-state index in [1.54, 1.807) is 0 Å². The van der Waals surface area contributed by atoms with Crippen molar-refractivity contribution in [3.05, 3.63) is 0 Å². The predicted octanol–water partition coefficient (Wildman–Crippen LogP) is 0.269. The minimum atomic E-state index is -3.17. The van der Waals surface area contributed by atoms with Crippen molar-refractivity contribution in [2.45, 2.75) is 26.3 Å².